The molecule has 0 spiro atoms. The van der Waals surface area contributed by atoms with Crippen LogP contribution in [0.5, 0.6) is 0 Å². The second-order valence-electron chi connectivity index (χ2n) is 7.28. The van der Waals surface area contributed by atoms with Crippen LogP contribution in [0.25, 0.3) is 27.7 Å². The summed E-state index contributed by atoms with van der Waals surface area (Å²) in [4.78, 5) is 7.81. The van der Waals surface area contributed by atoms with Crippen LogP contribution in [0, 0.1) is 6.92 Å². The van der Waals surface area contributed by atoms with Crippen molar-refractivity contribution in [2.45, 2.75) is 44.9 Å². The molecule has 4 heteroatoms. The van der Waals surface area contributed by atoms with E-state index in [0.717, 1.165) is 17.1 Å². The quantitative estimate of drug-likeness (QED) is 0.547. The third-order valence-corrected chi connectivity index (χ3v) is 5.65. The van der Waals surface area contributed by atoms with Crippen LogP contribution in [0.4, 0.5) is 0 Å². The van der Waals surface area contributed by atoms with Crippen LogP contribution in [-0.2, 0) is 0 Å². The average molecular weight is 330 g/mol. The maximum Gasteiger partial charge on any atom is 0.158 e. The maximum absolute atomic E-state index is 4.30. The van der Waals surface area contributed by atoms with E-state index in [-0.39, 0.29) is 0 Å². The van der Waals surface area contributed by atoms with Gasteiger partial charge in [0.2, 0.25) is 0 Å². The van der Waals surface area contributed by atoms with E-state index in [1.165, 1.54) is 59.7 Å². The molecule has 0 atom stereocenters. The number of nitrogens with one attached hydrogen (secondary N) is 1. The van der Waals surface area contributed by atoms with Gasteiger partial charge in [0.05, 0.1) is 0 Å². The summed E-state index contributed by atoms with van der Waals surface area (Å²) in [6.07, 6.45) is 12.7. The Hall–Kier alpha value is -2.62. The van der Waals surface area contributed by atoms with Gasteiger partial charge < -0.3 is 4.98 Å². The average Bonchev–Trinajstić information content (AvgIpc) is 3.29. The molecule has 1 aliphatic rings. The van der Waals surface area contributed by atoms with Gasteiger partial charge in [-0.25, -0.2) is 9.50 Å². The summed E-state index contributed by atoms with van der Waals surface area (Å²) in [6, 6.07) is 8.97. The third kappa shape index (κ3) is 2.44. The van der Waals surface area contributed by atoms with Crippen molar-refractivity contribution < 1.29 is 0 Å². The molecular weight excluding hydrogens is 308 g/mol. The number of nitrogens with zero attached hydrogens (tertiary/aromatic N) is 3. The number of benzene rings is 1. The Morgan fingerprint density at radius 3 is 2.84 bits per heavy atom. The van der Waals surface area contributed by atoms with Crippen molar-refractivity contribution in [2.75, 3.05) is 0 Å². The summed E-state index contributed by atoms with van der Waals surface area (Å²) < 4.78 is 1.86. The molecule has 1 aromatic carbocycles. The molecule has 4 aromatic rings. The van der Waals surface area contributed by atoms with Gasteiger partial charge in [-0.2, -0.15) is 5.10 Å². The van der Waals surface area contributed by atoms with Crippen molar-refractivity contribution in [1.29, 1.82) is 0 Å². The smallest absolute Gasteiger partial charge is 0.158 e. The minimum absolute atomic E-state index is 0.724. The number of pyridine rings is 1. The molecule has 1 N–H and O–H groups in total. The van der Waals surface area contributed by atoms with Gasteiger partial charge in [0, 0.05) is 28.9 Å². The van der Waals surface area contributed by atoms with Crippen LogP contribution in [0.1, 0.15) is 49.1 Å². The first kappa shape index (κ1) is 14.7. The second kappa shape index (κ2) is 5.73. The zero-order valence-electron chi connectivity index (χ0n) is 14.5. The maximum atomic E-state index is 4.30. The van der Waals surface area contributed by atoms with Gasteiger partial charge in [0.15, 0.2) is 5.65 Å². The van der Waals surface area contributed by atoms with Gasteiger partial charge >= 0.3 is 0 Å². The molecule has 0 radical (unpaired) electrons. The lowest BCUT2D eigenvalue weighted by atomic mass is 9.84. The Kier molecular flexibility index (Phi) is 3.37. The third-order valence-electron chi connectivity index (χ3n) is 5.65. The van der Waals surface area contributed by atoms with E-state index in [9.17, 15) is 0 Å². The van der Waals surface area contributed by atoms with Gasteiger partial charge in [-0.05, 0) is 54.5 Å². The predicted molar refractivity (Wildman–Crippen MR) is 101 cm³/mol. The fraction of sp³-hybridized carbons (Fsp3) is 0.333. The molecule has 0 bridgehead atoms. The van der Waals surface area contributed by atoms with Crippen LogP contribution in [0.2, 0.25) is 0 Å². The number of rotatable bonds is 2. The first-order valence-electron chi connectivity index (χ1n) is 9.21. The lowest BCUT2D eigenvalue weighted by Gasteiger charge is -2.21. The molecule has 1 aliphatic carbocycles. The van der Waals surface area contributed by atoms with E-state index < -0.39 is 0 Å². The molecule has 0 aliphatic heterocycles. The molecule has 25 heavy (non-hydrogen) atoms. The van der Waals surface area contributed by atoms with Crippen molar-refractivity contribution >= 4 is 16.6 Å². The van der Waals surface area contributed by atoms with E-state index in [4.69, 9.17) is 0 Å². The highest BCUT2D eigenvalue weighted by molar-refractivity contribution is 5.88. The summed E-state index contributed by atoms with van der Waals surface area (Å²) in [6.45, 7) is 2.09. The molecule has 1 fully saturated rings. The molecule has 5 rings (SSSR count). The van der Waals surface area contributed by atoms with E-state index in [1.54, 1.807) is 6.33 Å². The normalized spacial score (nSPS) is 16.0. The summed E-state index contributed by atoms with van der Waals surface area (Å²) in [5, 5.41) is 5.67. The molecule has 3 heterocycles. The number of fused-ring (bicyclic) bond motifs is 2. The first-order valence-corrected chi connectivity index (χ1v) is 9.21. The number of aromatic nitrogens is 4. The summed E-state index contributed by atoms with van der Waals surface area (Å²) >= 11 is 0. The van der Waals surface area contributed by atoms with Crippen molar-refractivity contribution in [2.24, 2.45) is 0 Å². The van der Waals surface area contributed by atoms with E-state index >= 15 is 0 Å². The highest BCUT2D eigenvalue weighted by Crippen LogP contribution is 2.37. The molecule has 1 saturated carbocycles. The van der Waals surface area contributed by atoms with Crippen molar-refractivity contribution in [3.63, 3.8) is 0 Å². The number of aromatic amines is 1. The van der Waals surface area contributed by atoms with E-state index in [0.29, 0.717) is 0 Å². The molecule has 126 valence electrons. The van der Waals surface area contributed by atoms with Gasteiger partial charge in [-0.15, -0.1) is 0 Å². The minimum Gasteiger partial charge on any atom is -0.361 e. The largest absolute Gasteiger partial charge is 0.361 e. The lowest BCUT2D eigenvalue weighted by molar-refractivity contribution is 0.445. The first-order chi connectivity index (χ1) is 12.3. The molecule has 3 aromatic heterocycles. The number of hydrogen-bond acceptors (Lipinski definition) is 2. The van der Waals surface area contributed by atoms with Crippen LogP contribution in [0.3, 0.4) is 0 Å². The number of aryl methyl sites for hydroxylation is 1. The predicted octanol–water partition coefficient (Wildman–Crippen LogP) is 5.23. The van der Waals surface area contributed by atoms with E-state index in [2.05, 4.69) is 58.6 Å². The molecule has 0 saturated heterocycles. The Labute approximate surface area is 146 Å². The van der Waals surface area contributed by atoms with Crippen LogP contribution < -0.4 is 0 Å². The molecule has 0 unspecified atom stereocenters. The summed E-state index contributed by atoms with van der Waals surface area (Å²) in [5.41, 5.74) is 7.18. The molecular formula is C21H22N4. The topological polar surface area (TPSA) is 46.0 Å². The fourth-order valence-electron chi connectivity index (χ4n) is 4.33. The lowest BCUT2D eigenvalue weighted by Crippen LogP contribution is -2.03. The van der Waals surface area contributed by atoms with Crippen molar-refractivity contribution in [3.8, 4) is 11.1 Å². The van der Waals surface area contributed by atoms with Crippen molar-refractivity contribution in [1.82, 2.24) is 19.6 Å². The van der Waals surface area contributed by atoms with Gasteiger partial charge in [0.25, 0.3) is 0 Å². The summed E-state index contributed by atoms with van der Waals surface area (Å²) in [7, 11) is 0. The van der Waals surface area contributed by atoms with Crippen LogP contribution in [0.15, 0.2) is 43.0 Å². The van der Waals surface area contributed by atoms with Gasteiger partial charge in [-0.1, -0.05) is 31.4 Å². The minimum atomic E-state index is 0.724. The monoisotopic (exact) mass is 330 g/mol. The highest BCUT2D eigenvalue weighted by Gasteiger charge is 2.19. The van der Waals surface area contributed by atoms with E-state index in [1.807, 2.05) is 4.52 Å². The number of hydrogen-bond donors (Lipinski definition) is 1. The van der Waals surface area contributed by atoms with Crippen LogP contribution in [-0.4, -0.2) is 19.6 Å². The highest BCUT2D eigenvalue weighted by atomic mass is 15.3. The van der Waals surface area contributed by atoms with Gasteiger partial charge in [0.1, 0.15) is 6.33 Å². The van der Waals surface area contributed by atoms with Crippen molar-refractivity contribution in [3.05, 3.63) is 54.1 Å². The van der Waals surface area contributed by atoms with Gasteiger partial charge in [-0.3, -0.25) is 0 Å². The zero-order chi connectivity index (χ0) is 16.8. The molecule has 0 amide bonds. The Morgan fingerprint density at radius 1 is 1.08 bits per heavy atom. The fourth-order valence-corrected chi connectivity index (χ4v) is 4.33. The second-order valence-corrected chi connectivity index (χ2v) is 7.28. The zero-order valence-corrected chi connectivity index (χ0v) is 14.5. The summed E-state index contributed by atoms with van der Waals surface area (Å²) in [5.74, 6) is 0.724. The Balaban J connectivity index is 1.58. The SMILES string of the molecule is Cc1cc(-c2ccc3c(C4CCCCC4)c[nH]c3c2)cn2ncnc12. The molecule has 4 nitrogen and oxygen atoms in total. The van der Waals surface area contributed by atoms with Crippen LogP contribution >= 0.6 is 0 Å². The number of H-pyrrole nitrogens is 1. The Morgan fingerprint density at radius 2 is 1.96 bits per heavy atom. The standard InChI is InChI=1S/C21H22N4/c1-14-9-17(12-25-21(14)23-13-24-25)16-7-8-18-19(11-22-20(18)10-16)15-5-3-2-4-6-15/h7-13,15,22H,2-6H2,1H3. The Bertz CT molecular complexity index is 1050.